The van der Waals surface area contributed by atoms with Crippen LogP contribution in [0.3, 0.4) is 0 Å². The normalized spacial score (nSPS) is 15.9. The molecular formula is C33H36ClN5O4S. The molecule has 1 amide bonds. The van der Waals surface area contributed by atoms with E-state index < -0.39 is 10.0 Å². The summed E-state index contributed by atoms with van der Waals surface area (Å²) in [5.41, 5.74) is 5.20. The number of benzene rings is 3. The van der Waals surface area contributed by atoms with Crippen molar-refractivity contribution < 1.29 is 17.9 Å². The highest BCUT2D eigenvalue weighted by atomic mass is 35.5. The molecule has 1 atom stereocenters. The molecule has 230 valence electrons. The van der Waals surface area contributed by atoms with Gasteiger partial charge in [0.15, 0.2) is 0 Å². The van der Waals surface area contributed by atoms with Crippen LogP contribution in [0.15, 0.2) is 83.8 Å². The molecule has 3 aromatic carbocycles. The van der Waals surface area contributed by atoms with Crippen molar-refractivity contribution in [2.45, 2.75) is 51.3 Å². The van der Waals surface area contributed by atoms with E-state index in [9.17, 15) is 13.2 Å². The number of nitrogens with one attached hydrogen (secondary N) is 1. The molecule has 0 radical (unpaired) electrons. The fraction of sp³-hybridized carbons (Fsp3) is 0.303. The number of anilines is 1. The first-order chi connectivity index (χ1) is 21.1. The third-order valence-corrected chi connectivity index (χ3v) is 9.33. The van der Waals surface area contributed by atoms with Crippen molar-refractivity contribution in [1.29, 1.82) is 0 Å². The van der Waals surface area contributed by atoms with Crippen LogP contribution in [0.4, 0.5) is 10.7 Å². The van der Waals surface area contributed by atoms with Gasteiger partial charge in [-0.15, -0.1) is 0 Å². The van der Waals surface area contributed by atoms with Crippen LogP contribution in [0.5, 0.6) is 0 Å². The molecule has 4 aromatic rings. The fourth-order valence-corrected chi connectivity index (χ4v) is 6.57. The molecule has 0 spiro atoms. The molecule has 2 heterocycles. The Morgan fingerprint density at radius 2 is 1.64 bits per heavy atom. The van der Waals surface area contributed by atoms with Crippen LogP contribution < -0.4 is 4.72 Å². The standard InChI is InChI=1S/C33H36ClN5O4S/c1-23-9-7-10-24(2)31(23)29-20-30(34)36-32(35-29)37-44(41,42)28-14-8-13-27(19-28)21-39-18-17-38(16-15-25(39)3)33(40)43-22-26-11-5-4-6-12-26/h4-14,19-20,25H,15-18,21-22H2,1-3H3,(H,35,36,37)/t25-/m1/s1. The molecule has 0 aliphatic carbocycles. The van der Waals surface area contributed by atoms with Gasteiger partial charge in [-0.3, -0.25) is 4.90 Å². The van der Waals surface area contributed by atoms with Crippen LogP contribution in [-0.4, -0.2) is 60.0 Å². The van der Waals surface area contributed by atoms with Crippen LogP contribution >= 0.6 is 11.6 Å². The molecule has 1 saturated heterocycles. The quantitative estimate of drug-likeness (QED) is 0.222. The number of aromatic nitrogens is 2. The molecule has 0 unspecified atom stereocenters. The van der Waals surface area contributed by atoms with Gasteiger partial charge in [0.05, 0.1) is 10.6 Å². The van der Waals surface area contributed by atoms with E-state index in [1.807, 2.05) is 68.4 Å². The van der Waals surface area contributed by atoms with Crippen molar-refractivity contribution in [3.8, 4) is 11.3 Å². The third kappa shape index (κ3) is 7.74. The minimum atomic E-state index is -4.00. The molecule has 0 bridgehead atoms. The number of amides is 1. The van der Waals surface area contributed by atoms with Gasteiger partial charge in [0.2, 0.25) is 5.95 Å². The van der Waals surface area contributed by atoms with Gasteiger partial charge in [-0.2, -0.15) is 0 Å². The molecular weight excluding hydrogens is 598 g/mol. The first-order valence-electron chi connectivity index (χ1n) is 14.5. The van der Waals surface area contributed by atoms with E-state index in [-0.39, 0.29) is 34.7 Å². The Kier molecular flexibility index (Phi) is 9.83. The number of hydrogen-bond donors (Lipinski definition) is 1. The topological polar surface area (TPSA) is 105 Å². The van der Waals surface area contributed by atoms with Crippen LogP contribution in [0.2, 0.25) is 5.15 Å². The van der Waals surface area contributed by atoms with Crippen molar-refractivity contribution in [1.82, 2.24) is 19.8 Å². The number of hydrogen-bond acceptors (Lipinski definition) is 7. The summed E-state index contributed by atoms with van der Waals surface area (Å²) in [5.74, 6) is -0.0964. The fourth-order valence-electron chi connectivity index (χ4n) is 5.37. The smallest absolute Gasteiger partial charge is 0.410 e. The summed E-state index contributed by atoms with van der Waals surface area (Å²) in [7, 11) is -4.00. The van der Waals surface area contributed by atoms with Gasteiger partial charge in [0, 0.05) is 43.9 Å². The van der Waals surface area contributed by atoms with E-state index >= 15 is 0 Å². The molecule has 1 N–H and O–H groups in total. The maximum atomic E-state index is 13.4. The van der Waals surface area contributed by atoms with E-state index in [1.54, 1.807) is 29.2 Å². The summed E-state index contributed by atoms with van der Waals surface area (Å²) in [5, 5.41) is 0.136. The summed E-state index contributed by atoms with van der Waals surface area (Å²) in [6.07, 6.45) is 0.445. The largest absolute Gasteiger partial charge is 0.445 e. The van der Waals surface area contributed by atoms with Gasteiger partial charge in [-0.05, 0) is 61.6 Å². The number of carbonyl (C=O) groups is 1. The zero-order valence-electron chi connectivity index (χ0n) is 25.0. The Balaban J connectivity index is 1.25. The predicted molar refractivity (Wildman–Crippen MR) is 172 cm³/mol. The van der Waals surface area contributed by atoms with E-state index in [1.165, 1.54) is 0 Å². The number of nitrogens with zero attached hydrogens (tertiary/aromatic N) is 4. The lowest BCUT2D eigenvalue weighted by Gasteiger charge is -2.26. The Bertz CT molecular complexity index is 1720. The number of aryl methyl sites for hydroxylation is 2. The monoisotopic (exact) mass is 633 g/mol. The van der Waals surface area contributed by atoms with Crippen LogP contribution in [-0.2, 0) is 27.9 Å². The second-order valence-corrected chi connectivity index (χ2v) is 13.1. The van der Waals surface area contributed by atoms with E-state index in [2.05, 4.69) is 26.5 Å². The molecule has 0 saturated carbocycles. The highest BCUT2D eigenvalue weighted by Crippen LogP contribution is 2.28. The lowest BCUT2D eigenvalue weighted by atomic mass is 10.00. The first-order valence-corrected chi connectivity index (χ1v) is 16.4. The molecule has 1 aromatic heterocycles. The number of halogens is 1. The van der Waals surface area contributed by atoms with Crippen molar-refractivity contribution >= 4 is 33.7 Å². The third-order valence-electron chi connectivity index (χ3n) is 7.81. The average molecular weight is 634 g/mol. The summed E-state index contributed by atoms with van der Waals surface area (Å²) in [4.78, 5) is 25.5. The van der Waals surface area contributed by atoms with Gasteiger partial charge in [-0.25, -0.2) is 27.9 Å². The van der Waals surface area contributed by atoms with E-state index in [0.29, 0.717) is 31.9 Å². The van der Waals surface area contributed by atoms with E-state index in [0.717, 1.165) is 34.2 Å². The average Bonchev–Trinajstić information content (AvgIpc) is 3.17. The van der Waals surface area contributed by atoms with Crippen molar-refractivity contribution in [3.63, 3.8) is 0 Å². The molecule has 5 rings (SSSR count). The minimum Gasteiger partial charge on any atom is -0.445 e. The molecule has 1 aliphatic heterocycles. The van der Waals surface area contributed by atoms with Gasteiger partial charge in [0.25, 0.3) is 10.0 Å². The van der Waals surface area contributed by atoms with Gasteiger partial charge < -0.3 is 9.64 Å². The number of ether oxygens (including phenoxy) is 1. The SMILES string of the molecule is Cc1cccc(C)c1-c1cc(Cl)nc(NS(=O)(=O)c2cccc(CN3CCN(C(=O)OCc4ccccc4)CC[C@H]3C)c2)n1. The second kappa shape index (κ2) is 13.8. The zero-order chi connectivity index (χ0) is 31.3. The highest BCUT2D eigenvalue weighted by molar-refractivity contribution is 7.92. The molecule has 1 fully saturated rings. The Morgan fingerprint density at radius 1 is 0.932 bits per heavy atom. The summed E-state index contributed by atoms with van der Waals surface area (Å²) >= 11 is 6.29. The number of carbonyl (C=O) groups excluding carboxylic acids is 1. The Labute approximate surface area is 263 Å². The van der Waals surface area contributed by atoms with Crippen molar-refractivity contribution in [2.24, 2.45) is 0 Å². The number of sulfonamides is 1. The van der Waals surface area contributed by atoms with Crippen LogP contribution in [0.1, 0.15) is 35.6 Å². The second-order valence-electron chi connectivity index (χ2n) is 11.1. The summed E-state index contributed by atoms with van der Waals surface area (Å²) in [6, 6.07) is 24.1. The van der Waals surface area contributed by atoms with E-state index in [4.69, 9.17) is 16.3 Å². The van der Waals surface area contributed by atoms with Crippen molar-refractivity contribution in [3.05, 3.63) is 106 Å². The Morgan fingerprint density at radius 3 is 2.39 bits per heavy atom. The lowest BCUT2D eigenvalue weighted by Crippen LogP contribution is -2.36. The maximum Gasteiger partial charge on any atom is 0.410 e. The van der Waals surface area contributed by atoms with Gasteiger partial charge in [0.1, 0.15) is 11.8 Å². The molecule has 1 aliphatic rings. The number of rotatable bonds is 8. The van der Waals surface area contributed by atoms with Gasteiger partial charge >= 0.3 is 6.09 Å². The maximum absolute atomic E-state index is 13.4. The van der Waals surface area contributed by atoms with Crippen molar-refractivity contribution in [2.75, 3.05) is 24.4 Å². The van der Waals surface area contributed by atoms with Crippen LogP contribution in [0, 0.1) is 13.8 Å². The predicted octanol–water partition coefficient (Wildman–Crippen LogP) is 6.45. The van der Waals surface area contributed by atoms with Crippen LogP contribution in [0.25, 0.3) is 11.3 Å². The zero-order valence-corrected chi connectivity index (χ0v) is 26.6. The Hall–Kier alpha value is -3.99. The molecule has 9 nitrogen and oxygen atoms in total. The highest BCUT2D eigenvalue weighted by Gasteiger charge is 2.25. The first kappa shape index (κ1) is 31.4. The lowest BCUT2D eigenvalue weighted by molar-refractivity contribution is 0.0972. The minimum absolute atomic E-state index is 0.0964. The summed E-state index contributed by atoms with van der Waals surface area (Å²) < 4.78 is 34.9. The summed E-state index contributed by atoms with van der Waals surface area (Å²) in [6.45, 7) is 8.56. The molecule has 11 heteroatoms. The molecule has 44 heavy (non-hydrogen) atoms. The van der Waals surface area contributed by atoms with Gasteiger partial charge in [-0.1, -0.05) is 72.3 Å².